The van der Waals surface area contributed by atoms with E-state index in [1.54, 1.807) is 25.1 Å². The Morgan fingerprint density at radius 3 is 2.35 bits per heavy atom. The molecule has 0 radical (unpaired) electrons. The highest BCUT2D eigenvalue weighted by atomic mass is 16.5. The second-order valence-electron chi connectivity index (χ2n) is 4.66. The molecule has 5 heteroatoms. The highest BCUT2D eigenvalue weighted by Gasteiger charge is 2.17. The van der Waals surface area contributed by atoms with Gasteiger partial charge in [0.1, 0.15) is 0 Å². The molecule has 5 nitrogen and oxygen atoms in total. The van der Waals surface area contributed by atoms with Gasteiger partial charge in [0.05, 0.1) is 19.1 Å². The molecule has 1 amide bonds. The number of nitrogens with two attached hydrogens (primary N) is 1. The summed E-state index contributed by atoms with van der Waals surface area (Å²) in [6.07, 6.45) is 0. The van der Waals surface area contributed by atoms with E-state index in [-0.39, 0.29) is 17.9 Å². The van der Waals surface area contributed by atoms with Crippen molar-refractivity contribution in [3.63, 3.8) is 0 Å². The van der Waals surface area contributed by atoms with Gasteiger partial charge in [-0.3, -0.25) is 4.79 Å². The van der Waals surface area contributed by atoms with E-state index in [2.05, 4.69) is 5.32 Å². The van der Waals surface area contributed by atoms with Gasteiger partial charge in [-0.2, -0.15) is 0 Å². The van der Waals surface area contributed by atoms with Gasteiger partial charge in [0.2, 0.25) is 5.91 Å². The quantitative estimate of drug-likeness (QED) is 0.804. The molecule has 0 aliphatic rings. The topological polar surface area (TPSA) is 73.6 Å². The summed E-state index contributed by atoms with van der Waals surface area (Å²) in [7, 11) is 0. The second-order valence-corrected chi connectivity index (χ2v) is 4.66. The Morgan fingerprint density at radius 1 is 1.20 bits per heavy atom. The third kappa shape index (κ3) is 4.42. The first-order chi connectivity index (χ1) is 9.49. The van der Waals surface area contributed by atoms with Crippen LogP contribution in [0.5, 0.6) is 11.5 Å². The van der Waals surface area contributed by atoms with E-state index < -0.39 is 0 Å². The molecule has 3 N–H and O–H groups in total. The van der Waals surface area contributed by atoms with Crippen LogP contribution in [0.25, 0.3) is 0 Å². The van der Waals surface area contributed by atoms with Crippen molar-refractivity contribution in [1.82, 2.24) is 0 Å². The number of ether oxygens (including phenoxy) is 2. The number of carbonyl (C=O) groups excluding carboxylic acids is 1. The highest BCUT2D eigenvalue weighted by Crippen LogP contribution is 2.30. The number of rotatable bonds is 7. The van der Waals surface area contributed by atoms with Crippen molar-refractivity contribution in [3.05, 3.63) is 18.2 Å². The molecule has 1 rings (SSSR count). The normalized spacial score (nSPS) is 13.4. The molecule has 0 saturated carbocycles. The number of amides is 1. The smallest absolute Gasteiger partial charge is 0.228 e. The van der Waals surface area contributed by atoms with Gasteiger partial charge >= 0.3 is 0 Å². The Balaban J connectivity index is 2.86. The van der Waals surface area contributed by atoms with Gasteiger partial charge in [-0.1, -0.05) is 6.92 Å². The van der Waals surface area contributed by atoms with E-state index in [9.17, 15) is 4.79 Å². The van der Waals surface area contributed by atoms with Crippen molar-refractivity contribution in [2.75, 3.05) is 18.5 Å². The van der Waals surface area contributed by atoms with E-state index in [1.807, 2.05) is 20.8 Å². The zero-order valence-corrected chi connectivity index (χ0v) is 12.6. The number of carbonyl (C=O) groups is 1. The van der Waals surface area contributed by atoms with E-state index in [0.29, 0.717) is 30.4 Å². The van der Waals surface area contributed by atoms with Crippen molar-refractivity contribution in [1.29, 1.82) is 0 Å². The minimum Gasteiger partial charge on any atom is -0.490 e. The molecular formula is C15H24N2O3. The molecule has 2 unspecified atom stereocenters. The first-order valence-corrected chi connectivity index (χ1v) is 6.95. The Morgan fingerprint density at radius 2 is 1.80 bits per heavy atom. The van der Waals surface area contributed by atoms with Crippen LogP contribution in [0.4, 0.5) is 5.69 Å². The maximum atomic E-state index is 12.0. The number of anilines is 1. The number of benzene rings is 1. The molecule has 0 bridgehead atoms. The molecule has 0 heterocycles. The predicted octanol–water partition coefficient (Wildman–Crippen LogP) is 2.41. The molecule has 0 saturated heterocycles. The summed E-state index contributed by atoms with van der Waals surface area (Å²) in [5.74, 6) is 0.942. The molecule has 0 aliphatic heterocycles. The fourth-order valence-corrected chi connectivity index (χ4v) is 1.62. The van der Waals surface area contributed by atoms with Gasteiger partial charge in [0.15, 0.2) is 11.5 Å². The standard InChI is InChI=1S/C15H24N2O3/c1-5-19-13-8-7-12(9-14(13)20-6-2)17-15(18)10(3)11(4)16/h7-11H,5-6,16H2,1-4H3,(H,17,18). The molecule has 0 aliphatic carbocycles. The SMILES string of the molecule is CCOc1ccc(NC(=O)C(C)C(C)N)cc1OCC. The van der Waals surface area contributed by atoms with Crippen LogP contribution in [0.3, 0.4) is 0 Å². The molecule has 1 aromatic rings. The van der Waals surface area contributed by atoms with Crippen molar-refractivity contribution in [2.24, 2.45) is 11.7 Å². The number of hydrogen-bond donors (Lipinski definition) is 2. The average molecular weight is 280 g/mol. The summed E-state index contributed by atoms with van der Waals surface area (Å²) in [6.45, 7) is 8.53. The number of nitrogens with one attached hydrogen (secondary N) is 1. The first-order valence-electron chi connectivity index (χ1n) is 6.95. The van der Waals surface area contributed by atoms with Crippen LogP contribution in [-0.4, -0.2) is 25.2 Å². The third-order valence-corrected chi connectivity index (χ3v) is 3.01. The number of hydrogen-bond acceptors (Lipinski definition) is 4. The largest absolute Gasteiger partial charge is 0.490 e. The van der Waals surface area contributed by atoms with Gasteiger partial charge in [0, 0.05) is 17.8 Å². The second kappa shape index (κ2) is 7.75. The predicted molar refractivity (Wildman–Crippen MR) is 80.2 cm³/mol. The third-order valence-electron chi connectivity index (χ3n) is 3.01. The molecule has 20 heavy (non-hydrogen) atoms. The van der Waals surface area contributed by atoms with E-state index >= 15 is 0 Å². The van der Waals surface area contributed by atoms with Crippen LogP contribution in [-0.2, 0) is 4.79 Å². The van der Waals surface area contributed by atoms with Gasteiger partial charge in [0.25, 0.3) is 0 Å². The van der Waals surface area contributed by atoms with E-state index in [4.69, 9.17) is 15.2 Å². The average Bonchev–Trinajstić information content (AvgIpc) is 2.41. The van der Waals surface area contributed by atoms with Crippen molar-refractivity contribution >= 4 is 11.6 Å². The molecule has 112 valence electrons. The fraction of sp³-hybridized carbons (Fsp3) is 0.533. The molecular weight excluding hydrogens is 256 g/mol. The van der Waals surface area contributed by atoms with Crippen molar-refractivity contribution < 1.29 is 14.3 Å². The lowest BCUT2D eigenvalue weighted by atomic mass is 10.0. The Bertz CT molecular complexity index is 447. The summed E-state index contributed by atoms with van der Waals surface area (Å²) >= 11 is 0. The minimum absolute atomic E-state index is 0.105. The lowest BCUT2D eigenvalue weighted by Crippen LogP contribution is -2.34. The van der Waals surface area contributed by atoms with Gasteiger partial charge in [-0.15, -0.1) is 0 Å². The van der Waals surface area contributed by atoms with Crippen LogP contribution >= 0.6 is 0 Å². The summed E-state index contributed by atoms with van der Waals surface area (Å²) in [5.41, 5.74) is 6.40. The van der Waals surface area contributed by atoms with E-state index in [1.165, 1.54) is 0 Å². The Labute approximate surface area is 120 Å². The maximum Gasteiger partial charge on any atom is 0.228 e. The maximum absolute atomic E-state index is 12.0. The van der Waals surface area contributed by atoms with Gasteiger partial charge < -0.3 is 20.5 Å². The summed E-state index contributed by atoms with van der Waals surface area (Å²) < 4.78 is 11.0. The highest BCUT2D eigenvalue weighted by molar-refractivity contribution is 5.93. The van der Waals surface area contributed by atoms with Crippen LogP contribution in [0, 0.1) is 5.92 Å². The summed E-state index contributed by atoms with van der Waals surface area (Å²) in [4.78, 5) is 12.0. The minimum atomic E-state index is -0.253. The van der Waals surface area contributed by atoms with Gasteiger partial charge in [-0.05, 0) is 32.9 Å². The molecule has 1 aromatic carbocycles. The monoisotopic (exact) mass is 280 g/mol. The molecule has 0 spiro atoms. The zero-order valence-electron chi connectivity index (χ0n) is 12.6. The van der Waals surface area contributed by atoms with E-state index in [0.717, 1.165) is 0 Å². The molecule has 0 aromatic heterocycles. The zero-order chi connectivity index (χ0) is 15.1. The molecule has 2 atom stereocenters. The van der Waals surface area contributed by atoms with Crippen LogP contribution in [0.1, 0.15) is 27.7 Å². The fourth-order valence-electron chi connectivity index (χ4n) is 1.62. The summed E-state index contributed by atoms with van der Waals surface area (Å²) in [6, 6.07) is 5.16. The van der Waals surface area contributed by atoms with Crippen LogP contribution < -0.4 is 20.5 Å². The van der Waals surface area contributed by atoms with Crippen molar-refractivity contribution in [2.45, 2.75) is 33.7 Å². The van der Waals surface area contributed by atoms with Crippen LogP contribution in [0.15, 0.2) is 18.2 Å². The lowest BCUT2D eigenvalue weighted by Gasteiger charge is -2.17. The Hall–Kier alpha value is -1.75. The van der Waals surface area contributed by atoms with Crippen molar-refractivity contribution in [3.8, 4) is 11.5 Å². The first kappa shape index (κ1) is 16.3. The van der Waals surface area contributed by atoms with Crippen LogP contribution in [0.2, 0.25) is 0 Å². The lowest BCUT2D eigenvalue weighted by molar-refractivity contribution is -0.119. The Kier molecular flexibility index (Phi) is 6.31. The molecule has 0 fully saturated rings. The van der Waals surface area contributed by atoms with Gasteiger partial charge in [-0.25, -0.2) is 0 Å². The summed E-state index contributed by atoms with van der Waals surface area (Å²) in [5, 5.41) is 2.84.